The third-order valence-corrected chi connectivity index (χ3v) is 10.8. The number of nitrogens with one attached hydrogen (secondary N) is 1. The normalized spacial score (nSPS) is 12.2. The first kappa shape index (κ1) is 49.8. The van der Waals surface area contributed by atoms with Crippen LogP contribution in [-0.2, 0) is 9.59 Å². The molecule has 0 aromatic heterocycles. The number of carbonyl (C=O) groups excluding carboxylic acids is 2. The van der Waals surface area contributed by atoms with Gasteiger partial charge in [0.15, 0.2) is 0 Å². The van der Waals surface area contributed by atoms with Crippen molar-refractivity contribution in [3.63, 3.8) is 0 Å². The molecule has 4 heteroatoms. The van der Waals surface area contributed by atoms with Gasteiger partial charge in [-0.3, -0.25) is 9.59 Å². The number of hydrogen-bond acceptors (Lipinski definition) is 3. The SMILES string of the molecule is CCCCCCCCC=CCCCCCCCC(=O)CCCCCCCCCCC(=O)N[C@H](CO)CCCCCCCCCCCCCCCC. The quantitative estimate of drug-likeness (QED) is 0.0487. The van der Waals surface area contributed by atoms with Gasteiger partial charge in [0, 0.05) is 19.3 Å². The van der Waals surface area contributed by atoms with Crippen LogP contribution >= 0.6 is 0 Å². The van der Waals surface area contributed by atoms with Crippen molar-refractivity contribution in [3.8, 4) is 0 Å². The Kier molecular flexibility index (Phi) is 42.3. The van der Waals surface area contributed by atoms with E-state index in [1.165, 1.54) is 193 Å². The molecule has 302 valence electrons. The first-order valence-electron chi connectivity index (χ1n) is 23.2. The van der Waals surface area contributed by atoms with Gasteiger partial charge in [0.05, 0.1) is 12.6 Å². The van der Waals surface area contributed by atoms with Crippen molar-refractivity contribution in [2.45, 2.75) is 270 Å². The van der Waals surface area contributed by atoms with Gasteiger partial charge < -0.3 is 10.4 Å². The van der Waals surface area contributed by atoms with Crippen LogP contribution in [-0.4, -0.2) is 29.4 Å². The van der Waals surface area contributed by atoms with Crippen LogP contribution in [0.4, 0.5) is 0 Å². The maximum Gasteiger partial charge on any atom is 0.220 e. The lowest BCUT2D eigenvalue weighted by Gasteiger charge is -2.16. The molecule has 0 aliphatic rings. The number of carbonyl (C=O) groups is 2. The summed E-state index contributed by atoms with van der Waals surface area (Å²) in [5.74, 6) is 0.569. The molecular weight excluding hydrogens is 627 g/mol. The summed E-state index contributed by atoms with van der Waals surface area (Å²) in [6.07, 6.45) is 52.7. The van der Waals surface area contributed by atoms with Gasteiger partial charge in [-0.15, -0.1) is 0 Å². The van der Waals surface area contributed by atoms with E-state index in [0.29, 0.717) is 12.2 Å². The monoisotopic (exact) mass is 718 g/mol. The summed E-state index contributed by atoms with van der Waals surface area (Å²) in [6, 6.07) is -0.0800. The van der Waals surface area contributed by atoms with E-state index >= 15 is 0 Å². The number of hydrogen-bond donors (Lipinski definition) is 2. The van der Waals surface area contributed by atoms with Gasteiger partial charge >= 0.3 is 0 Å². The Morgan fingerprint density at radius 3 is 1.12 bits per heavy atom. The van der Waals surface area contributed by atoms with Crippen LogP contribution in [0.3, 0.4) is 0 Å². The van der Waals surface area contributed by atoms with E-state index in [1.54, 1.807) is 0 Å². The zero-order chi connectivity index (χ0) is 37.1. The third-order valence-electron chi connectivity index (χ3n) is 10.8. The van der Waals surface area contributed by atoms with Gasteiger partial charge in [0.2, 0.25) is 5.91 Å². The largest absolute Gasteiger partial charge is 0.394 e. The topological polar surface area (TPSA) is 66.4 Å². The fourth-order valence-electron chi connectivity index (χ4n) is 7.28. The highest BCUT2D eigenvalue weighted by molar-refractivity contribution is 5.78. The Bertz CT molecular complexity index is 735. The van der Waals surface area contributed by atoms with E-state index in [-0.39, 0.29) is 18.6 Å². The van der Waals surface area contributed by atoms with Gasteiger partial charge in [-0.25, -0.2) is 0 Å². The lowest BCUT2D eigenvalue weighted by molar-refractivity contribution is -0.122. The van der Waals surface area contributed by atoms with Crippen molar-refractivity contribution in [2.75, 3.05) is 6.61 Å². The Morgan fingerprint density at radius 1 is 0.431 bits per heavy atom. The average molecular weight is 718 g/mol. The highest BCUT2D eigenvalue weighted by atomic mass is 16.3. The number of amides is 1. The molecule has 0 aromatic carbocycles. The molecule has 1 amide bonds. The second-order valence-electron chi connectivity index (χ2n) is 16.0. The summed E-state index contributed by atoms with van der Waals surface area (Å²) < 4.78 is 0. The second kappa shape index (κ2) is 43.2. The van der Waals surface area contributed by atoms with Crippen molar-refractivity contribution in [3.05, 3.63) is 12.2 Å². The number of aliphatic hydroxyl groups excluding tert-OH is 1. The van der Waals surface area contributed by atoms with Gasteiger partial charge in [-0.1, -0.05) is 206 Å². The van der Waals surface area contributed by atoms with Crippen molar-refractivity contribution in [2.24, 2.45) is 0 Å². The number of Topliss-reactive ketones (excluding diaryl/α,β-unsaturated/α-hetero) is 1. The summed E-state index contributed by atoms with van der Waals surface area (Å²) in [6.45, 7) is 4.61. The van der Waals surface area contributed by atoms with Crippen molar-refractivity contribution in [1.29, 1.82) is 0 Å². The molecule has 0 radical (unpaired) electrons. The van der Waals surface area contributed by atoms with Crippen LogP contribution in [0.15, 0.2) is 12.2 Å². The zero-order valence-corrected chi connectivity index (χ0v) is 34.8. The van der Waals surface area contributed by atoms with Gasteiger partial charge in [-0.2, -0.15) is 0 Å². The highest BCUT2D eigenvalue weighted by Gasteiger charge is 2.11. The number of aliphatic hydroxyl groups is 1. The summed E-state index contributed by atoms with van der Waals surface area (Å²) in [7, 11) is 0. The minimum atomic E-state index is -0.0800. The van der Waals surface area contributed by atoms with Crippen LogP contribution in [0.5, 0.6) is 0 Å². The van der Waals surface area contributed by atoms with Gasteiger partial charge in [0.25, 0.3) is 0 Å². The lowest BCUT2D eigenvalue weighted by atomic mass is 10.0. The van der Waals surface area contributed by atoms with Crippen molar-refractivity contribution >= 4 is 11.7 Å². The van der Waals surface area contributed by atoms with Crippen molar-refractivity contribution in [1.82, 2.24) is 5.32 Å². The number of unbranched alkanes of at least 4 members (excludes halogenated alkanes) is 31. The molecule has 2 N–H and O–H groups in total. The smallest absolute Gasteiger partial charge is 0.220 e. The summed E-state index contributed by atoms with van der Waals surface area (Å²) in [5, 5.41) is 12.8. The molecule has 4 nitrogen and oxygen atoms in total. The van der Waals surface area contributed by atoms with E-state index in [4.69, 9.17) is 0 Å². The molecule has 0 aliphatic heterocycles. The predicted molar refractivity (Wildman–Crippen MR) is 225 cm³/mol. The number of rotatable bonds is 43. The van der Waals surface area contributed by atoms with E-state index in [9.17, 15) is 14.7 Å². The Hall–Kier alpha value is -1.16. The Balaban J connectivity index is 3.43. The summed E-state index contributed by atoms with van der Waals surface area (Å²) in [5.41, 5.74) is 0. The minimum Gasteiger partial charge on any atom is -0.394 e. The molecular formula is C47H91NO3. The van der Waals surface area contributed by atoms with Crippen LogP contribution in [0.25, 0.3) is 0 Å². The molecule has 0 saturated heterocycles. The Labute approximate surface area is 320 Å². The standard InChI is InChI=1S/C47H91NO3/c1-3-5-7-9-11-13-15-17-19-21-23-25-29-33-37-41-46(50)42-38-34-30-26-27-31-35-39-43-47(51)48-45(44-49)40-36-32-28-24-22-20-18-16-14-12-10-8-6-4-2/h17,19,45,49H,3-16,18,20-44H2,1-2H3,(H,48,51)/t45-/m0/s1. The first-order chi connectivity index (χ1) is 25.1. The predicted octanol–water partition coefficient (Wildman–Crippen LogP) is 14.8. The van der Waals surface area contributed by atoms with Gasteiger partial charge in [-0.05, 0) is 51.4 Å². The van der Waals surface area contributed by atoms with E-state index in [2.05, 4.69) is 31.3 Å². The fraction of sp³-hybridized carbons (Fsp3) is 0.915. The molecule has 0 rings (SSSR count). The molecule has 0 unspecified atom stereocenters. The van der Waals surface area contributed by atoms with E-state index < -0.39 is 0 Å². The van der Waals surface area contributed by atoms with Crippen LogP contribution in [0.1, 0.15) is 264 Å². The molecule has 1 atom stereocenters. The molecule has 0 aliphatic carbocycles. The summed E-state index contributed by atoms with van der Waals surface area (Å²) in [4.78, 5) is 24.6. The molecule has 51 heavy (non-hydrogen) atoms. The van der Waals surface area contributed by atoms with Crippen LogP contribution in [0, 0.1) is 0 Å². The molecule has 0 saturated carbocycles. The first-order valence-corrected chi connectivity index (χ1v) is 23.2. The minimum absolute atomic E-state index is 0.0491. The lowest BCUT2D eigenvalue weighted by Crippen LogP contribution is -2.37. The second-order valence-corrected chi connectivity index (χ2v) is 16.0. The Morgan fingerprint density at radius 2 is 0.745 bits per heavy atom. The van der Waals surface area contributed by atoms with Gasteiger partial charge in [0.1, 0.15) is 5.78 Å². The van der Waals surface area contributed by atoms with E-state index in [1.807, 2.05) is 0 Å². The molecule has 0 aromatic rings. The highest BCUT2D eigenvalue weighted by Crippen LogP contribution is 2.16. The molecule has 0 fully saturated rings. The molecule has 0 heterocycles. The molecule has 0 bridgehead atoms. The fourth-order valence-corrected chi connectivity index (χ4v) is 7.28. The van der Waals surface area contributed by atoms with Crippen molar-refractivity contribution < 1.29 is 14.7 Å². The van der Waals surface area contributed by atoms with Crippen LogP contribution in [0.2, 0.25) is 0 Å². The third kappa shape index (κ3) is 41.5. The molecule has 0 spiro atoms. The number of ketones is 1. The average Bonchev–Trinajstić information content (AvgIpc) is 3.13. The number of allylic oxidation sites excluding steroid dienone is 2. The maximum atomic E-state index is 12.4. The summed E-state index contributed by atoms with van der Waals surface area (Å²) >= 11 is 0. The van der Waals surface area contributed by atoms with Crippen LogP contribution < -0.4 is 5.32 Å². The van der Waals surface area contributed by atoms with E-state index in [0.717, 1.165) is 51.4 Å². The zero-order valence-electron chi connectivity index (χ0n) is 34.8. The maximum absolute atomic E-state index is 12.4.